The second-order valence-corrected chi connectivity index (χ2v) is 13.6. The summed E-state index contributed by atoms with van der Waals surface area (Å²) in [5.74, 6) is -0.505. The summed E-state index contributed by atoms with van der Waals surface area (Å²) >= 11 is 6.18. The molecule has 1 N–H and O–H groups in total. The van der Waals surface area contributed by atoms with Crippen LogP contribution in [0.15, 0.2) is 65.6 Å². The van der Waals surface area contributed by atoms with E-state index in [1.165, 1.54) is 37.3 Å². The minimum absolute atomic E-state index is 0.00592. The average Bonchev–Trinajstić information content (AvgIpc) is 2.86. The predicted octanol–water partition coefficient (Wildman–Crippen LogP) is 5.95. The number of nitrogens with one attached hydrogen (secondary N) is 1. The van der Waals surface area contributed by atoms with Crippen LogP contribution >= 0.6 is 11.6 Å². The molecule has 0 bridgehead atoms. The molecule has 1 heterocycles. The van der Waals surface area contributed by atoms with Gasteiger partial charge in [-0.1, -0.05) is 35.9 Å². The quantitative estimate of drug-likeness (QED) is 0.257. The van der Waals surface area contributed by atoms with Gasteiger partial charge < -0.3 is 4.74 Å². The number of benzene rings is 3. The van der Waals surface area contributed by atoms with E-state index in [0.717, 1.165) is 28.8 Å². The molecule has 41 heavy (non-hydrogen) atoms. The second-order valence-electron chi connectivity index (χ2n) is 9.55. The summed E-state index contributed by atoms with van der Waals surface area (Å²) < 4.78 is 115. The molecule has 1 aliphatic rings. The van der Waals surface area contributed by atoms with Gasteiger partial charge in [0.25, 0.3) is 10.0 Å². The molecule has 220 valence electrons. The van der Waals surface area contributed by atoms with Crippen molar-refractivity contribution in [1.82, 2.24) is 4.72 Å². The van der Waals surface area contributed by atoms with Crippen LogP contribution < -0.4 is 13.8 Å². The molecule has 4 rings (SSSR count). The molecular weight excluding hydrogens is 608 g/mol. The van der Waals surface area contributed by atoms with Crippen molar-refractivity contribution in [3.63, 3.8) is 0 Å². The van der Waals surface area contributed by atoms with Gasteiger partial charge >= 0.3 is 6.18 Å². The number of anilines is 1. The van der Waals surface area contributed by atoms with E-state index in [9.17, 15) is 34.4 Å². The molecule has 0 spiro atoms. The Morgan fingerprint density at radius 2 is 1.78 bits per heavy atom. The molecular formula is C27H25ClF4N2O5S2. The highest BCUT2D eigenvalue weighted by molar-refractivity contribution is 7.92. The van der Waals surface area contributed by atoms with E-state index in [0.29, 0.717) is 17.2 Å². The first kappa shape index (κ1) is 30.8. The minimum Gasteiger partial charge on any atom is -0.485 e. The Morgan fingerprint density at radius 1 is 1.10 bits per heavy atom. The number of ether oxygens (including phenoxy) is 1. The molecule has 0 fully saturated rings. The van der Waals surface area contributed by atoms with E-state index < -0.39 is 61.2 Å². The first-order valence-electron chi connectivity index (χ1n) is 12.1. The lowest BCUT2D eigenvalue weighted by molar-refractivity contribution is -0.137. The Bertz CT molecular complexity index is 1710. The van der Waals surface area contributed by atoms with Crippen molar-refractivity contribution in [2.24, 2.45) is 0 Å². The lowest BCUT2D eigenvalue weighted by Crippen LogP contribution is -2.52. The summed E-state index contributed by atoms with van der Waals surface area (Å²) in [5, 5.41) is 0.170. The van der Waals surface area contributed by atoms with Gasteiger partial charge in [-0.05, 0) is 67.4 Å². The van der Waals surface area contributed by atoms with Crippen LogP contribution in [0.25, 0.3) is 11.6 Å². The number of rotatable bonds is 7. The number of fused-ring (bicyclic) bond motifs is 1. The number of hydrogen-bond acceptors (Lipinski definition) is 5. The van der Waals surface area contributed by atoms with Gasteiger partial charge in [-0.3, -0.25) is 4.31 Å². The van der Waals surface area contributed by atoms with Gasteiger partial charge in [-0.15, -0.1) is 0 Å². The van der Waals surface area contributed by atoms with Crippen molar-refractivity contribution in [3.05, 3.63) is 88.2 Å². The van der Waals surface area contributed by atoms with Gasteiger partial charge in [0.15, 0.2) is 0 Å². The normalized spacial score (nSPS) is 17.1. The highest BCUT2D eigenvalue weighted by Gasteiger charge is 2.39. The molecule has 14 heteroatoms. The summed E-state index contributed by atoms with van der Waals surface area (Å²) in [6, 6.07) is 11.1. The van der Waals surface area contributed by atoms with Crippen molar-refractivity contribution in [3.8, 4) is 5.75 Å². The molecule has 0 amide bonds. The molecule has 0 aromatic heterocycles. The third-order valence-electron chi connectivity index (χ3n) is 6.32. The maximum absolute atomic E-state index is 14.5. The van der Waals surface area contributed by atoms with Crippen molar-refractivity contribution >= 4 is 49.0 Å². The van der Waals surface area contributed by atoms with E-state index in [1.807, 2.05) is 0 Å². The van der Waals surface area contributed by atoms with Crippen molar-refractivity contribution in [1.29, 1.82) is 0 Å². The Kier molecular flexibility index (Phi) is 8.47. The molecule has 2 atom stereocenters. The van der Waals surface area contributed by atoms with Crippen LogP contribution in [-0.2, 0) is 26.2 Å². The van der Waals surface area contributed by atoms with Gasteiger partial charge in [0.1, 0.15) is 17.7 Å². The van der Waals surface area contributed by atoms with Crippen LogP contribution in [-0.4, -0.2) is 41.8 Å². The molecule has 7 nitrogen and oxygen atoms in total. The standard InChI is InChI=1S/C27H25ClF4N2O5S2/c1-16(26-21(28)8-5-9-22(26)29)12-18-10-11-24-23(13-18)34(15-25(39-24)17(2)33-40(3,35)36)41(37,38)20-7-4-6-19(14-20)27(30,31)32/h4-14,17,25,33H,15H2,1-3H3/b16-12+/t17-,25-/m1/s1. The van der Waals surface area contributed by atoms with Gasteiger partial charge in [-0.2, -0.15) is 13.2 Å². The summed E-state index contributed by atoms with van der Waals surface area (Å²) in [6.45, 7) is 2.68. The number of nitrogens with zero attached hydrogens (tertiary/aromatic N) is 1. The fourth-order valence-electron chi connectivity index (χ4n) is 4.44. The Morgan fingerprint density at radius 3 is 2.41 bits per heavy atom. The van der Waals surface area contributed by atoms with E-state index in [4.69, 9.17) is 16.3 Å². The smallest absolute Gasteiger partial charge is 0.416 e. The lowest BCUT2D eigenvalue weighted by Gasteiger charge is -2.38. The molecule has 3 aromatic carbocycles. The van der Waals surface area contributed by atoms with Gasteiger partial charge in [-0.25, -0.2) is 25.9 Å². The largest absolute Gasteiger partial charge is 0.485 e. The average molecular weight is 633 g/mol. The number of hydrogen-bond donors (Lipinski definition) is 1. The Balaban J connectivity index is 1.83. The molecule has 0 saturated heterocycles. The number of sulfonamides is 2. The number of halogens is 5. The van der Waals surface area contributed by atoms with Crippen LogP contribution in [0.4, 0.5) is 23.2 Å². The summed E-state index contributed by atoms with van der Waals surface area (Å²) in [5.41, 5.74) is -0.136. The minimum atomic E-state index is -4.78. The topological polar surface area (TPSA) is 92.8 Å². The molecule has 0 radical (unpaired) electrons. The van der Waals surface area contributed by atoms with Crippen LogP contribution in [0.5, 0.6) is 5.75 Å². The van der Waals surface area contributed by atoms with Crippen molar-refractivity contribution < 1.29 is 39.1 Å². The lowest BCUT2D eigenvalue weighted by atomic mass is 10.0. The molecule has 0 saturated carbocycles. The molecule has 1 aliphatic heterocycles. The maximum Gasteiger partial charge on any atom is 0.416 e. The van der Waals surface area contributed by atoms with E-state index in [-0.39, 0.29) is 22.0 Å². The van der Waals surface area contributed by atoms with Crippen LogP contribution in [0.2, 0.25) is 5.02 Å². The van der Waals surface area contributed by atoms with E-state index in [1.54, 1.807) is 19.1 Å². The summed E-state index contributed by atoms with van der Waals surface area (Å²) in [6.07, 6.45) is -3.31. The third-order valence-corrected chi connectivity index (χ3v) is 9.21. The molecule has 3 aromatic rings. The summed E-state index contributed by atoms with van der Waals surface area (Å²) in [4.78, 5) is -0.613. The summed E-state index contributed by atoms with van der Waals surface area (Å²) in [7, 11) is -8.31. The third kappa shape index (κ3) is 6.85. The fraction of sp³-hybridized carbons (Fsp3) is 0.259. The van der Waals surface area contributed by atoms with Gasteiger partial charge in [0, 0.05) is 5.56 Å². The van der Waals surface area contributed by atoms with E-state index in [2.05, 4.69) is 4.72 Å². The van der Waals surface area contributed by atoms with Crippen molar-refractivity contribution in [2.45, 2.75) is 37.1 Å². The van der Waals surface area contributed by atoms with Gasteiger partial charge in [0.2, 0.25) is 10.0 Å². The second kappa shape index (κ2) is 11.3. The fourth-order valence-corrected chi connectivity index (χ4v) is 7.10. The van der Waals surface area contributed by atoms with E-state index >= 15 is 0 Å². The molecule has 0 aliphatic carbocycles. The maximum atomic E-state index is 14.5. The van der Waals surface area contributed by atoms with Crippen molar-refractivity contribution in [2.75, 3.05) is 17.1 Å². The van der Waals surface area contributed by atoms with Gasteiger partial charge in [0.05, 0.1) is 40.0 Å². The highest BCUT2D eigenvalue weighted by atomic mass is 35.5. The highest BCUT2D eigenvalue weighted by Crippen LogP contribution is 2.40. The Hall–Kier alpha value is -3.13. The zero-order valence-electron chi connectivity index (χ0n) is 21.9. The Labute approximate surface area is 240 Å². The first-order valence-corrected chi connectivity index (χ1v) is 15.8. The van der Waals surface area contributed by atoms with Crippen LogP contribution in [0.3, 0.4) is 0 Å². The zero-order valence-corrected chi connectivity index (χ0v) is 24.3. The zero-order chi connectivity index (χ0) is 30.3. The molecule has 0 unspecified atom stereocenters. The first-order chi connectivity index (χ1) is 19.0. The number of allylic oxidation sites excluding steroid dienone is 1. The van der Waals surface area contributed by atoms with Crippen LogP contribution in [0.1, 0.15) is 30.5 Å². The van der Waals surface area contributed by atoms with Crippen LogP contribution in [0, 0.1) is 5.82 Å². The SMILES string of the molecule is C/C(=C\c1ccc2c(c1)N(S(=O)(=O)c1cccc(C(F)(F)F)c1)C[C@H]([C@@H](C)NS(C)(=O)=O)O2)c1c(F)cccc1Cl. The predicted molar refractivity (Wildman–Crippen MR) is 149 cm³/mol. The number of alkyl halides is 3. The monoisotopic (exact) mass is 632 g/mol.